The third kappa shape index (κ3) is 3.59. The second-order valence-electron chi connectivity index (χ2n) is 5.90. The average molecular weight is 247 g/mol. The Kier molecular flexibility index (Phi) is 4.94. The molecule has 0 aromatic heterocycles. The molecular weight excluding hydrogens is 222 g/mol. The summed E-state index contributed by atoms with van der Waals surface area (Å²) in [6.45, 7) is 11.3. The maximum Gasteiger partial charge on any atom is 0.223 e. The van der Waals surface area contributed by atoms with E-state index >= 15 is 0 Å². The molecule has 1 amide bonds. The lowest BCUT2D eigenvalue weighted by atomic mass is 9.71. The summed E-state index contributed by atoms with van der Waals surface area (Å²) in [5.41, 5.74) is 1.15. The zero-order valence-corrected chi connectivity index (χ0v) is 12.2. The van der Waals surface area contributed by atoms with Crippen molar-refractivity contribution in [2.24, 2.45) is 17.3 Å². The summed E-state index contributed by atoms with van der Waals surface area (Å²) in [6, 6.07) is 10.0. The van der Waals surface area contributed by atoms with Gasteiger partial charge in [-0.2, -0.15) is 0 Å². The van der Waals surface area contributed by atoms with Gasteiger partial charge < -0.3 is 5.32 Å². The number of rotatable bonds is 5. The highest BCUT2D eigenvalue weighted by atomic mass is 16.1. The van der Waals surface area contributed by atoms with Crippen LogP contribution in [0.5, 0.6) is 0 Å². The van der Waals surface area contributed by atoms with Crippen LogP contribution in [0.25, 0.3) is 0 Å². The molecule has 18 heavy (non-hydrogen) atoms. The first-order valence-corrected chi connectivity index (χ1v) is 6.67. The molecule has 1 atom stereocenters. The highest BCUT2D eigenvalue weighted by Gasteiger charge is 2.33. The molecule has 0 fully saturated rings. The van der Waals surface area contributed by atoms with Gasteiger partial charge in [-0.3, -0.25) is 4.79 Å². The van der Waals surface area contributed by atoms with Crippen LogP contribution >= 0.6 is 0 Å². The lowest BCUT2D eigenvalue weighted by Gasteiger charge is -2.34. The number of benzene rings is 1. The fourth-order valence-corrected chi connectivity index (χ4v) is 1.78. The van der Waals surface area contributed by atoms with E-state index in [2.05, 4.69) is 33.0 Å². The maximum absolute atomic E-state index is 12.2. The lowest BCUT2D eigenvalue weighted by Crippen LogP contribution is -2.39. The Morgan fingerprint density at radius 3 is 2.22 bits per heavy atom. The van der Waals surface area contributed by atoms with Crippen molar-refractivity contribution in [3.05, 3.63) is 35.9 Å². The topological polar surface area (TPSA) is 29.1 Å². The molecule has 0 heterocycles. The molecule has 0 saturated heterocycles. The average Bonchev–Trinajstić information content (AvgIpc) is 2.36. The van der Waals surface area contributed by atoms with E-state index in [0.717, 1.165) is 5.56 Å². The van der Waals surface area contributed by atoms with Crippen LogP contribution in [-0.4, -0.2) is 5.91 Å². The maximum atomic E-state index is 12.2. The fourth-order valence-electron chi connectivity index (χ4n) is 1.78. The minimum absolute atomic E-state index is 0.0147. The summed E-state index contributed by atoms with van der Waals surface area (Å²) >= 11 is 0. The highest BCUT2D eigenvalue weighted by molar-refractivity contribution is 5.79. The van der Waals surface area contributed by atoms with Crippen LogP contribution in [0.3, 0.4) is 0 Å². The molecule has 0 radical (unpaired) electrons. The molecule has 1 aromatic carbocycles. The summed E-state index contributed by atoms with van der Waals surface area (Å²) < 4.78 is 0. The smallest absolute Gasteiger partial charge is 0.223 e. The van der Waals surface area contributed by atoms with Gasteiger partial charge in [-0.15, -0.1) is 0 Å². The van der Waals surface area contributed by atoms with Crippen molar-refractivity contribution in [3.63, 3.8) is 0 Å². The van der Waals surface area contributed by atoms with Gasteiger partial charge in [0.05, 0.1) is 0 Å². The van der Waals surface area contributed by atoms with Crippen molar-refractivity contribution in [3.8, 4) is 0 Å². The van der Waals surface area contributed by atoms with Gasteiger partial charge in [-0.25, -0.2) is 0 Å². The molecule has 0 aliphatic heterocycles. The van der Waals surface area contributed by atoms with E-state index in [0.29, 0.717) is 12.5 Å². The van der Waals surface area contributed by atoms with Gasteiger partial charge in [0.15, 0.2) is 0 Å². The zero-order valence-electron chi connectivity index (χ0n) is 12.2. The van der Waals surface area contributed by atoms with E-state index in [1.807, 2.05) is 37.3 Å². The van der Waals surface area contributed by atoms with Crippen molar-refractivity contribution in [2.75, 3.05) is 0 Å². The first kappa shape index (κ1) is 14.7. The van der Waals surface area contributed by atoms with Crippen LogP contribution in [0.1, 0.15) is 40.2 Å². The van der Waals surface area contributed by atoms with Crippen molar-refractivity contribution in [1.82, 2.24) is 5.32 Å². The Hall–Kier alpha value is -1.31. The van der Waals surface area contributed by atoms with E-state index in [4.69, 9.17) is 0 Å². The Morgan fingerprint density at radius 1 is 1.17 bits per heavy atom. The summed E-state index contributed by atoms with van der Waals surface area (Å²) in [4.78, 5) is 12.2. The van der Waals surface area contributed by atoms with Gasteiger partial charge in [0, 0.05) is 12.5 Å². The van der Waals surface area contributed by atoms with Gasteiger partial charge in [-0.1, -0.05) is 65.0 Å². The Morgan fingerprint density at radius 2 is 1.72 bits per heavy atom. The molecule has 1 aromatic rings. The van der Waals surface area contributed by atoms with Gasteiger partial charge in [-0.05, 0) is 16.9 Å². The molecule has 1 N–H and O–H groups in total. The van der Waals surface area contributed by atoms with Gasteiger partial charge >= 0.3 is 0 Å². The molecule has 0 aliphatic rings. The first-order valence-electron chi connectivity index (χ1n) is 6.67. The minimum atomic E-state index is 0.0147. The van der Waals surface area contributed by atoms with Crippen molar-refractivity contribution in [2.45, 2.75) is 41.2 Å². The molecule has 100 valence electrons. The predicted octanol–water partition coefficient (Wildman–Crippen LogP) is 3.62. The minimum Gasteiger partial charge on any atom is -0.352 e. The van der Waals surface area contributed by atoms with Crippen LogP contribution in [-0.2, 0) is 11.3 Å². The van der Waals surface area contributed by atoms with Crippen molar-refractivity contribution >= 4 is 5.91 Å². The van der Waals surface area contributed by atoms with Crippen LogP contribution in [0.4, 0.5) is 0 Å². The Labute approximate surface area is 111 Å². The number of hydrogen-bond donors (Lipinski definition) is 1. The lowest BCUT2D eigenvalue weighted by molar-refractivity contribution is -0.129. The van der Waals surface area contributed by atoms with Crippen molar-refractivity contribution in [1.29, 1.82) is 0 Å². The third-order valence-electron chi connectivity index (χ3n) is 4.31. The number of carbonyl (C=O) groups is 1. The number of nitrogens with one attached hydrogen (secondary N) is 1. The van der Waals surface area contributed by atoms with Crippen LogP contribution in [0, 0.1) is 17.3 Å². The van der Waals surface area contributed by atoms with E-state index in [9.17, 15) is 4.79 Å². The number of amides is 1. The summed E-state index contributed by atoms with van der Waals surface area (Å²) in [5.74, 6) is 0.633. The standard InChI is InChI=1S/C16H25NO/c1-12(2)16(4,5)13(3)15(18)17-11-14-9-7-6-8-10-14/h6-10,12-13H,11H2,1-5H3,(H,17,18). The largest absolute Gasteiger partial charge is 0.352 e. The van der Waals surface area contributed by atoms with E-state index in [-0.39, 0.29) is 17.2 Å². The van der Waals surface area contributed by atoms with Crippen LogP contribution in [0.15, 0.2) is 30.3 Å². The van der Waals surface area contributed by atoms with Crippen molar-refractivity contribution < 1.29 is 4.79 Å². The van der Waals surface area contributed by atoms with Gasteiger partial charge in [0.25, 0.3) is 0 Å². The summed E-state index contributed by atoms with van der Waals surface area (Å²) in [5, 5.41) is 3.02. The SMILES string of the molecule is CC(C)C(C)(C)C(C)C(=O)NCc1ccccc1. The molecule has 0 aliphatic carbocycles. The summed E-state index contributed by atoms with van der Waals surface area (Å²) in [6.07, 6.45) is 0. The quantitative estimate of drug-likeness (QED) is 0.846. The molecule has 2 nitrogen and oxygen atoms in total. The van der Waals surface area contributed by atoms with E-state index < -0.39 is 0 Å². The number of carbonyl (C=O) groups excluding carboxylic acids is 1. The molecular formula is C16H25NO. The zero-order chi connectivity index (χ0) is 13.8. The highest BCUT2D eigenvalue weighted by Crippen LogP contribution is 2.34. The van der Waals surface area contributed by atoms with Crippen LogP contribution in [0.2, 0.25) is 0 Å². The molecule has 1 rings (SSSR count). The monoisotopic (exact) mass is 247 g/mol. The number of hydrogen-bond acceptors (Lipinski definition) is 1. The van der Waals surface area contributed by atoms with Gasteiger partial charge in [0.2, 0.25) is 5.91 Å². The molecule has 0 spiro atoms. The molecule has 1 unspecified atom stereocenters. The molecule has 2 heteroatoms. The second-order valence-corrected chi connectivity index (χ2v) is 5.90. The van der Waals surface area contributed by atoms with Crippen LogP contribution < -0.4 is 5.32 Å². The summed E-state index contributed by atoms with van der Waals surface area (Å²) in [7, 11) is 0. The van der Waals surface area contributed by atoms with Gasteiger partial charge in [0.1, 0.15) is 0 Å². The first-order chi connectivity index (χ1) is 8.35. The Bertz CT molecular complexity index is 381. The third-order valence-corrected chi connectivity index (χ3v) is 4.31. The second kappa shape index (κ2) is 6.03. The predicted molar refractivity (Wildman–Crippen MR) is 76.1 cm³/mol. The van der Waals surface area contributed by atoms with E-state index in [1.165, 1.54) is 0 Å². The van der Waals surface area contributed by atoms with E-state index in [1.54, 1.807) is 0 Å². The Balaban J connectivity index is 2.56. The molecule has 0 bridgehead atoms. The fraction of sp³-hybridized carbons (Fsp3) is 0.562. The normalized spacial score (nSPS) is 13.4. The molecule has 0 saturated carbocycles.